The number of anilines is 1. The molecule has 1 unspecified atom stereocenters. The first kappa shape index (κ1) is 21.4. The molecule has 4 aromatic rings. The lowest BCUT2D eigenvalue weighted by Crippen LogP contribution is -2.30. The van der Waals surface area contributed by atoms with E-state index in [1.165, 1.54) is 11.1 Å². The van der Waals surface area contributed by atoms with Crippen molar-refractivity contribution in [1.82, 2.24) is 4.98 Å². The van der Waals surface area contributed by atoms with Gasteiger partial charge in [-0.25, -0.2) is 4.98 Å². The van der Waals surface area contributed by atoms with Crippen LogP contribution in [0.1, 0.15) is 27.7 Å². The number of halogens is 2. The molecule has 1 amide bonds. The van der Waals surface area contributed by atoms with Gasteiger partial charge in [0.05, 0.1) is 22.0 Å². The normalized spacial score (nSPS) is 15.0. The number of hydrogen-bond acceptors (Lipinski definition) is 5. The van der Waals surface area contributed by atoms with Gasteiger partial charge in [0.2, 0.25) is 5.76 Å². The van der Waals surface area contributed by atoms with E-state index in [-0.39, 0.29) is 16.8 Å². The molecule has 0 spiro atoms. The minimum absolute atomic E-state index is 0.00329. The van der Waals surface area contributed by atoms with Crippen LogP contribution in [0.2, 0.25) is 5.02 Å². The minimum atomic E-state index is -0.728. The Morgan fingerprint density at radius 3 is 2.64 bits per heavy atom. The van der Waals surface area contributed by atoms with E-state index >= 15 is 0 Å². The predicted molar refractivity (Wildman–Crippen MR) is 130 cm³/mol. The first-order valence-corrected chi connectivity index (χ1v) is 11.2. The molecule has 1 atom stereocenters. The third kappa shape index (κ3) is 3.73. The monoisotopic (exact) mass is 522 g/mol. The highest BCUT2D eigenvalue weighted by molar-refractivity contribution is 9.10. The Hall–Kier alpha value is -3.42. The Balaban J connectivity index is 1.72. The fourth-order valence-electron chi connectivity index (χ4n) is 3.91. The molecular weight excluding hydrogens is 508 g/mol. The number of aromatic nitrogens is 1. The standard InChI is InChI=1S/C25H16BrClN2O4/c1-2-11-32-17-7-3-14(4-8-17)22-21-23(30)18-12-15(26)5-9-19(18)33-24(21)25(31)29(22)20-10-6-16(27)13-28-20/h2-10,12-13,22H,1,11H2. The van der Waals surface area contributed by atoms with Crippen LogP contribution in [0.15, 0.2) is 87.1 Å². The van der Waals surface area contributed by atoms with Crippen LogP contribution < -0.4 is 15.1 Å². The molecule has 5 rings (SSSR count). The Morgan fingerprint density at radius 2 is 1.94 bits per heavy atom. The first-order chi connectivity index (χ1) is 16.0. The van der Waals surface area contributed by atoms with Crippen molar-refractivity contribution in [2.75, 3.05) is 11.5 Å². The number of rotatable bonds is 5. The van der Waals surface area contributed by atoms with Crippen molar-refractivity contribution in [3.8, 4) is 5.75 Å². The number of carbonyl (C=O) groups is 1. The van der Waals surface area contributed by atoms with E-state index in [0.29, 0.717) is 39.7 Å². The van der Waals surface area contributed by atoms with Crippen LogP contribution >= 0.6 is 27.5 Å². The van der Waals surface area contributed by atoms with Gasteiger partial charge in [-0.3, -0.25) is 14.5 Å². The van der Waals surface area contributed by atoms with Crippen molar-refractivity contribution in [2.45, 2.75) is 6.04 Å². The number of nitrogens with zero attached hydrogens (tertiary/aromatic N) is 2. The molecule has 0 aliphatic carbocycles. The van der Waals surface area contributed by atoms with Crippen molar-refractivity contribution in [3.05, 3.63) is 110 Å². The number of fused-ring (bicyclic) bond motifs is 2. The molecule has 0 N–H and O–H groups in total. The molecule has 0 fully saturated rings. The van der Waals surface area contributed by atoms with E-state index in [0.717, 1.165) is 4.47 Å². The Labute approximate surface area is 202 Å². The molecule has 6 nitrogen and oxygen atoms in total. The highest BCUT2D eigenvalue weighted by atomic mass is 79.9. The van der Waals surface area contributed by atoms with Crippen LogP contribution in [0.25, 0.3) is 11.0 Å². The van der Waals surface area contributed by atoms with Gasteiger partial charge in [-0.05, 0) is 48.0 Å². The second-order valence-electron chi connectivity index (χ2n) is 7.40. The highest BCUT2D eigenvalue weighted by Gasteiger charge is 2.44. The molecule has 8 heteroatoms. The lowest BCUT2D eigenvalue weighted by Gasteiger charge is -2.24. The van der Waals surface area contributed by atoms with E-state index < -0.39 is 11.9 Å². The van der Waals surface area contributed by atoms with Crippen molar-refractivity contribution in [2.24, 2.45) is 0 Å². The van der Waals surface area contributed by atoms with Crippen molar-refractivity contribution in [1.29, 1.82) is 0 Å². The maximum Gasteiger partial charge on any atom is 0.296 e. The van der Waals surface area contributed by atoms with Crippen LogP contribution in [0.3, 0.4) is 0 Å². The molecule has 0 radical (unpaired) electrons. The van der Waals surface area contributed by atoms with Gasteiger partial charge in [-0.2, -0.15) is 0 Å². The van der Waals surface area contributed by atoms with Gasteiger partial charge in [0.25, 0.3) is 5.91 Å². The molecule has 3 heterocycles. The second kappa shape index (κ2) is 8.50. The summed E-state index contributed by atoms with van der Waals surface area (Å²) in [7, 11) is 0. The van der Waals surface area contributed by atoms with E-state index in [1.54, 1.807) is 48.5 Å². The summed E-state index contributed by atoms with van der Waals surface area (Å²) in [6, 6.07) is 14.9. The smallest absolute Gasteiger partial charge is 0.296 e. The average molecular weight is 524 g/mol. The molecule has 0 bridgehead atoms. The van der Waals surface area contributed by atoms with Crippen molar-refractivity contribution in [3.63, 3.8) is 0 Å². The Morgan fingerprint density at radius 1 is 1.15 bits per heavy atom. The molecule has 2 aromatic heterocycles. The number of amides is 1. The second-order valence-corrected chi connectivity index (χ2v) is 8.75. The summed E-state index contributed by atoms with van der Waals surface area (Å²) in [5.74, 6) is 0.563. The highest BCUT2D eigenvalue weighted by Crippen LogP contribution is 2.41. The number of ether oxygens (including phenoxy) is 1. The van der Waals surface area contributed by atoms with E-state index in [4.69, 9.17) is 20.8 Å². The molecule has 0 saturated carbocycles. The van der Waals surface area contributed by atoms with E-state index in [1.807, 2.05) is 12.1 Å². The molecule has 164 valence electrons. The number of hydrogen-bond donors (Lipinski definition) is 0. The minimum Gasteiger partial charge on any atom is -0.490 e. The van der Waals surface area contributed by atoms with Crippen LogP contribution in [0.5, 0.6) is 5.75 Å². The van der Waals surface area contributed by atoms with Crippen molar-refractivity contribution >= 4 is 50.2 Å². The predicted octanol–water partition coefficient (Wildman–Crippen LogP) is 5.92. The quantitative estimate of drug-likeness (QED) is 0.304. The molecule has 0 saturated heterocycles. The van der Waals surface area contributed by atoms with Gasteiger partial charge >= 0.3 is 0 Å². The molecule has 1 aliphatic rings. The molecular formula is C25H16BrClN2O4. The molecule has 2 aromatic carbocycles. The Bertz CT molecular complexity index is 1450. The maximum atomic E-state index is 13.6. The zero-order valence-electron chi connectivity index (χ0n) is 17.1. The summed E-state index contributed by atoms with van der Waals surface area (Å²) in [4.78, 5) is 32.9. The molecule has 33 heavy (non-hydrogen) atoms. The maximum absolute atomic E-state index is 13.6. The van der Waals surface area contributed by atoms with Gasteiger partial charge in [-0.1, -0.05) is 52.3 Å². The lowest BCUT2D eigenvalue weighted by atomic mass is 9.98. The van der Waals surface area contributed by atoms with Crippen LogP contribution in [-0.4, -0.2) is 17.5 Å². The van der Waals surface area contributed by atoms with Gasteiger partial charge < -0.3 is 9.15 Å². The van der Waals surface area contributed by atoms with Crippen molar-refractivity contribution < 1.29 is 13.9 Å². The zero-order valence-corrected chi connectivity index (χ0v) is 19.5. The van der Waals surface area contributed by atoms with Crippen LogP contribution in [-0.2, 0) is 0 Å². The number of benzene rings is 2. The summed E-state index contributed by atoms with van der Waals surface area (Å²) >= 11 is 9.41. The summed E-state index contributed by atoms with van der Waals surface area (Å²) in [6.45, 7) is 4.02. The first-order valence-electron chi connectivity index (χ1n) is 10.0. The van der Waals surface area contributed by atoms with Gasteiger partial charge in [0.15, 0.2) is 5.43 Å². The topological polar surface area (TPSA) is 72.6 Å². The number of carbonyl (C=O) groups excluding carboxylic acids is 1. The third-order valence-corrected chi connectivity index (χ3v) is 6.07. The van der Waals surface area contributed by atoms with Gasteiger partial charge in [0.1, 0.15) is 23.8 Å². The Kier molecular flexibility index (Phi) is 5.52. The van der Waals surface area contributed by atoms with E-state index in [9.17, 15) is 9.59 Å². The van der Waals surface area contributed by atoms with E-state index in [2.05, 4.69) is 27.5 Å². The van der Waals surface area contributed by atoms with Crippen LogP contribution in [0, 0.1) is 0 Å². The number of pyridine rings is 1. The van der Waals surface area contributed by atoms with Gasteiger partial charge in [0, 0.05) is 10.7 Å². The lowest BCUT2D eigenvalue weighted by molar-refractivity contribution is 0.0970. The summed E-state index contributed by atoms with van der Waals surface area (Å²) in [5, 5.41) is 0.825. The van der Waals surface area contributed by atoms with Crippen LogP contribution in [0.4, 0.5) is 5.82 Å². The zero-order chi connectivity index (χ0) is 23.1. The third-order valence-electron chi connectivity index (χ3n) is 5.35. The SMILES string of the molecule is C=CCOc1ccc(C2c3c(oc4ccc(Br)cc4c3=O)C(=O)N2c2ccc(Cl)cn2)cc1. The molecule has 1 aliphatic heterocycles. The van der Waals surface area contributed by atoms with Gasteiger partial charge in [-0.15, -0.1) is 0 Å². The summed E-state index contributed by atoms with van der Waals surface area (Å²) in [6.07, 6.45) is 3.11. The fraction of sp³-hybridized carbons (Fsp3) is 0.0800. The summed E-state index contributed by atoms with van der Waals surface area (Å²) in [5.41, 5.74) is 1.05. The average Bonchev–Trinajstić information content (AvgIpc) is 3.11. The summed E-state index contributed by atoms with van der Waals surface area (Å²) < 4.78 is 12.3. The largest absolute Gasteiger partial charge is 0.490 e. The fourth-order valence-corrected chi connectivity index (χ4v) is 4.38.